The van der Waals surface area contributed by atoms with Crippen molar-refractivity contribution < 1.29 is 22.4 Å². The zero-order valence-corrected chi connectivity index (χ0v) is 13.5. The van der Waals surface area contributed by atoms with Gasteiger partial charge >= 0.3 is 6.18 Å². The van der Waals surface area contributed by atoms with Crippen molar-refractivity contribution in [3.05, 3.63) is 70.8 Å². The average Bonchev–Trinajstić information content (AvgIpc) is 3.02. The first-order chi connectivity index (χ1) is 12.3. The summed E-state index contributed by atoms with van der Waals surface area (Å²) in [6.45, 7) is 0. The van der Waals surface area contributed by atoms with E-state index in [-0.39, 0.29) is 16.4 Å². The number of nitrogens with zero attached hydrogens (tertiary/aromatic N) is 3. The van der Waals surface area contributed by atoms with Gasteiger partial charge in [0.15, 0.2) is 11.6 Å². The fraction of sp³-hybridized carbons (Fsp3) is 0.0625. The third-order valence-corrected chi connectivity index (χ3v) is 3.55. The SMILES string of the molecule is O=C(Nc1ccn(-c2ncccc2C(F)(F)F)n1)c1ccc(Cl)cc1F. The van der Waals surface area contributed by atoms with E-state index in [4.69, 9.17) is 11.6 Å². The second kappa shape index (κ2) is 6.75. The lowest BCUT2D eigenvalue weighted by atomic mass is 10.2. The highest BCUT2D eigenvalue weighted by atomic mass is 35.5. The summed E-state index contributed by atoms with van der Waals surface area (Å²) in [5.41, 5.74) is -1.26. The molecule has 0 saturated heterocycles. The van der Waals surface area contributed by atoms with E-state index in [9.17, 15) is 22.4 Å². The predicted molar refractivity (Wildman–Crippen MR) is 85.7 cm³/mol. The van der Waals surface area contributed by atoms with E-state index in [1.165, 1.54) is 30.6 Å². The number of benzene rings is 1. The number of amides is 1. The smallest absolute Gasteiger partial charge is 0.305 e. The maximum absolute atomic E-state index is 13.8. The summed E-state index contributed by atoms with van der Waals surface area (Å²) in [4.78, 5) is 15.8. The predicted octanol–water partition coefficient (Wildman–Crippen LogP) is 4.33. The molecular weight excluding hydrogens is 376 g/mol. The lowest BCUT2D eigenvalue weighted by Gasteiger charge is -2.11. The van der Waals surface area contributed by atoms with Gasteiger partial charge in [-0.3, -0.25) is 4.79 Å². The average molecular weight is 385 g/mol. The second-order valence-electron chi connectivity index (χ2n) is 5.10. The number of carbonyl (C=O) groups is 1. The number of carbonyl (C=O) groups excluding carboxylic acids is 1. The highest BCUT2D eigenvalue weighted by Crippen LogP contribution is 2.32. The molecule has 1 aromatic carbocycles. The van der Waals surface area contributed by atoms with E-state index in [0.717, 1.165) is 22.9 Å². The summed E-state index contributed by atoms with van der Waals surface area (Å²) in [5, 5.41) is 6.27. The molecule has 3 rings (SSSR count). The maximum atomic E-state index is 13.8. The van der Waals surface area contributed by atoms with E-state index in [2.05, 4.69) is 15.4 Å². The van der Waals surface area contributed by atoms with Gasteiger partial charge in [-0.05, 0) is 30.3 Å². The molecule has 2 heterocycles. The Kier molecular flexibility index (Phi) is 4.64. The molecule has 0 spiro atoms. The summed E-state index contributed by atoms with van der Waals surface area (Å²) in [7, 11) is 0. The molecule has 2 aromatic heterocycles. The summed E-state index contributed by atoms with van der Waals surface area (Å²) < 4.78 is 53.8. The molecular formula is C16H9ClF4N4O. The third kappa shape index (κ3) is 3.67. The Balaban J connectivity index is 1.86. The van der Waals surface area contributed by atoms with Crippen LogP contribution in [-0.4, -0.2) is 20.7 Å². The second-order valence-corrected chi connectivity index (χ2v) is 5.53. The van der Waals surface area contributed by atoms with Crippen molar-refractivity contribution in [3.63, 3.8) is 0 Å². The van der Waals surface area contributed by atoms with Gasteiger partial charge in [0.1, 0.15) is 11.4 Å². The Morgan fingerprint density at radius 3 is 2.65 bits per heavy atom. The molecule has 0 saturated carbocycles. The van der Waals surface area contributed by atoms with Crippen LogP contribution in [0.2, 0.25) is 5.02 Å². The Hall–Kier alpha value is -2.94. The number of anilines is 1. The first-order valence-corrected chi connectivity index (χ1v) is 7.48. The van der Waals surface area contributed by atoms with E-state index < -0.39 is 29.3 Å². The standard InChI is InChI=1S/C16H9ClF4N4O/c17-9-3-4-10(12(18)8-9)15(26)23-13-5-7-25(24-13)14-11(16(19,20)21)2-1-6-22-14/h1-8H,(H,23,24,26). The van der Waals surface area contributed by atoms with Crippen molar-refractivity contribution in [2.24, 2.45) is 0 Å². The first-order valence-electron chi connectivity index (χ1n) is 7.10. The maximum Gasteiger partial charge on any atom is 0.420 e. The molecule has 5 nitrogen and oxygen atoms in total. The number of hydrogen-bond acceptors (Lipinski definition) is 3. The number of pyridine rings is 1. The van der Waals surface area contributed by atoms with Crippen molar-refractivity contribution >= 4 is 23.3 Å². The summed E-state index contributed by atoms with van der Waals surface area (Å²) in [6.07, 6.45) is -2.23. The minimum absolute atomic E-state index is 0.0665. The van der Waals surface area contributed by atoms with Crippen LogP contribution >= 0.6 is 11.6 Å². The molecule has 1 amide bonds. The van der Waals surface area contributed by atoms with Gasteiger partial charge in [0.2, 0.25) is 0 Å². The topological polar surface area (TPSA) is 59.8 Å². The number of nitrogens with one attached hydrogen (secondary N) is 1. The first kappa shape index (κ1) is 17.9. The van der Waals surface area contributed by atoms with E-state index >= 15 is 0 Å². The van der Waals surface area contributed by atoms with Gasteiger partial charge in [-0.2, -0.15) is 13.2 Å². The zero-order valence-electron chi connectivity index (χ0n) is 12.8. The molecule has 0 aliphatic heterocycles. The molecule has 3 aromatic rings. The highest BCUT2D eigenvalue weighted by Gasteiger charge is 2.34. The van der Waals surface area contributed by atoms with Crippen LogP contribution in [0.5, 0.6) is 0 Å². The van der Waals surface area contributed by atoms with Crippen LogP contribution in [-0.2, 0) is 6.18 Å². The lowest BCUT2D eigenvalue weighted by Crippen LogP contribution is -2.15. The number of alkyl halides is 3. The number of rotatable bonds is 3. The normalized spacial score (nSPS) is 11.4. The fourth-order valence-electron chi connectivity index (χ4n) is 2.17. The fourth-order valence-corrected chi connectivity index (χ4v) is 2.33. The Morgan fingerprint density at radius 2 is 1.96 bits per heavy atom. The van der Waals surface area contributed by atoms with Crippen molar-refractivity contribution in [3.8, 4) is 5.82 Å². The number of halogens is 5. The van der Waals surface area contributed by atoms with Gasteiger partial charge in [0, 0.05) is 23.5 Å². The van der Waals surface area contributed by atoms with Crippen molar-refractivity contribution in [1.29, 1.82) is 0 Å². The van der Waals surface area contributed by atoms with Crippen molar-refractivity contribution in [2.75, 3.05) is 5.32 Å². The van der Waals surface area contributed by atoms with Crippen LogP contribution in [0, 0.1) is 5.82 Å². The van der Waals surface area contributed by atoms with Gasteiger partial charge < -0.3 is 5.32 Å². The molecule has 0 fully saturated rings. The van der Waals surface area contributed by atoms with E-state index in [1.54, 1.807) is 0 Å². The largest absolute Gasteiger partial charge is 0.420 e. The summed E-state index contributed by atoms with van der Waals surface area (Å²) >= 11 is 5.62. The van der Waals surface area contributed by atoms with Crippen LogP contribution in [0.1, 0.15) is 15.9 Å². The van der Waals surface area contributed by atoms with Crippen LogP contribution in [0.3, 0.4) is 0 Å². The Bertz CT molecular complexity index is 971. The highest BCUT2D eigenvalue weighted by molar-refractivity contribution is 6.30. The number of hydrogen-bond donors (Lipinski definition) is 1. The monoisotopic (exact) mass is 384 g/mol. The number of aromatic nitrogens is 3. The van der Waals surface area contributed by atoms with Gasteiger partial charge in [-0.25, -0.2) is 14.1 Å². The van der Waals surface area contributed by atoms with Gasteiger partial charge in [0.25, 0.3) is 5.91 Å². The molecule has 1 N–H and O–H groups in total. The lowest BCUT2D eigenvalue weighted by molar-refractivity contribution is -0.137. The van der Waals surface area contributed by atoms with Gasteiger partial charge in [-0.1, -0.05) is 11.6 Å². The zero-order chi connectivity index (χ0) is 18.9. The van der Waals surface area contributed by atoms with Gasteiger partial charge in [0.05, 0.1) is 5.56 Å². The van der Waals surface area contributed by atoms with Crippen LogP contribution in [0.4, 0.5) is 23.4 Å². The van der Waals surface area contributed by atoms with Crippen LogP contribution in [0.25, 0.3) is 5.82 Å². The van der Waals surface area contributed by atoms with Crippen LogP contribution in [0.15, 0.2) is 48.8 Å². The molecule has 0 unspecified atom stereocenters. The Morgan fingerprint density at radius 1 is 1.19 bits per heavy atom. The summed E-state index contributed by atoms with van der Waals surface area (Å²) in [6, 6.07) is 6.78. The van der Waals surface area contributed by atoms with Gasteiger partial charge in [-0.15, -0.1) is 5.10 Å². The molecule has 0 aliphatic carbocycles. The molecule has 0 bridgehead atoms. The molecule has 0 aliphatic rings. The summed E-state index contributed by atoms with van der Waals surface area (Å²) in [5.74, 6) is -2.17. The third-order valence-electron chi connectivity index (χ3n) is 3.32. The Labute approximate surface area is 149 Å². The molecule has 26 heavy (non-hydrogen) atoms. The van der Waals surface area contributed by atoms with E-state index in [0.29, 0.717) is 0 Å². The van der Waals surface area contributed by atoms with Crippen molar-refractivity contribution in [1.82, 2.24) is 14.8 Å². The van der Waals surface area contributed by atoms with Crippen molar-refractivity contribution in [2.45, 2.75) is 6.18 Å². The van der Waals surface area contributed by atoms with Crippen LogP contribution < -0.4 is 5.32 Å². The molecule has 10 heteroatoms. The molecule has 0 atom stereocenters. The quantitative estimate of drug-likeness (QED) is 0.684. The minimum Gasteiger partial charge on any atom is -0.305 e. The minimum atomic E-state index is -4.62. The molecule has 134 valence electrons. The van der Waals surface area contributed by atoms with E-state index in [1.807, 2.05) is 0 Å². The molecule has 0 radical (unpaired) electrons.